The van der Waals surface area contributed by atoms with Crippen LogP contribution in [0, 0.1) is 11.6 Å². The summed E-state index contributed by atoms with van der Waals surface area (Å²) >= 11 is 0. The summed E-state index contributed by atoms with van der Waals surface area (Å²) < 4.78 is 35.9. The van der Waals surface area contributed by atoms with Crippen LogP contribution < -0.4 is 15.7 Å². The molecule has 0 saturated carbocycles. The van der Waals surface area contributed by atoms with Crippen LogP contribution >= 0.6 is 0 Å². The lowest BCUT2D eigenvalue weighted by Gasteiger charge is -2.05. The maximum atomic E-state index is 13.8. The molecule has 3 heterocycles. The number of anilines is 1. The minimum atomic E-state index is -0.919. The number of aromatic nitrogens is 5. The first kappa shape index (κ1) is 20.4. The molecule has 5 aromatic rings. The number of ether oxygens (including phenoxy) is 1. The summed E-state index contributed by atoms with van der Waals surface area (Å²) in [6.07, 6.45) is 3.10. The van der Waals surface area contributed by atoms with Crippen molar-refractivity contribution in [1.29, 1.82) is 0 Å². The Morgan fingerprint density at radius 1 is 1.06 bits per heavy atom. The molecule has 0 aliphatic heterocycles. The summed E-state index contributed by atoms with van der Waals surface area (Å²) in [5.74, 6) is -1.65. The highest BCUT2D eigenvalue weighted by molar-refractivity contribution is 5.90. The van der Waals surface area contributed by atoms with Crippen LogP contribution in [0.15, 0.2) is 65.7 Å². The van der Waals surface area contributed by atoms with Gasteiger partial charge in [-0.05, 0) is 42.5 Å². The maximum Gasteiger partial charge on any atom is 0.350 e. The molecule has 1 N–H and O–H groups in total. The largest absolute Gasteiger partial charge is 0.497 e. The molecule has 0 aliphatic carbocycles. The lowest BCUT2D eigenvalue weighted by molar-refractivity contribution is -0.117. The van der Waals surface area contributed by atoms with E-state index in [9.17, 15) is 18.4 Å². The van der Waals surface area contributed by atoms with Gasteiger partial charge in [-0.25, -0.2) is 27.2 Å². The van der Waals surface area contributed by atoms with E-state index in [1.54, 1.807) is 23.9 Å². The zero-order valence-electron chi connectivity index (χ0n) is 17.2. The van der Waals surface area contributed by atoms with E-state index in [0.717, 1.165) is 22.4 Å². The minimum Gasteiger partial charge on any atom is -0.497 e. The molecule has 0 aliphatic rings. The number of nitrogens with zero attached hydrogens (tertiary/aromatic N) is 5. The van der Waals surface area contributed by atoms with E-state index in [4.69, 9.17) is 4.74 Å². The fraction of sp³-hybridized carbons (Fsp3) is 0.0909. The van der Waals surface area contributed by atoms with Crippen molar-refractivity contribution < 1.29 is 18.3 Å². The highest BCUT2D eigenvalue weighted by atomic mass is 19.1. The fourth-order valence-electron chi connectivity index (χ4n) is 3.46. The van der Waals surface area contributed by atoms with Gasteiger partial charge in [0.05, 0.1) is 18.5 Å². The van der Waals surface area contributed by atoms with Gasteiger partial charge in [0.25, 0.3) is 0 Å². The van der Waals surface area contributed by atoms with Crippen LogP contribution in [-0.2, 0) is 11.3 Å². The Labute approximate surface area is 184 Å². The van der Waals surface area contributed by atoms with Crippen molar-refractivity contribution in [2.24, 2.45) is 0 Å². The van der Waals surface area contributed by atoms with Gasteiger partial charge in [0.15, 0.2) is 5.65 Å². The topological polar surface area (TPSA) is 94.9 Å². The van der Waals surface area contributed by atoms with E-state index in [-0.39, 0.29) is 5.69 Å². The quantitative estimate of drug-likeness (QED) is 0.444. The first-order chi connectivity index (χ1) is 15.9. The SMILES string of the molecule is COc1ccc(-c2cc3c4nn(CC(=O)Nc5ccc(F)cc5F)c(=O)n4ccn3n2)cc1. The monoisotopic (exact) mass is 450 g/mol. The second-order valence-corrected chi connectivity index (χ2v) is 7.19. The fourth-order valence-corrected chi connectivity index (χ4v) is 3.46. The van der Waals surface area contributed by atoms with E-state index in [2.05, 4.69) is 15.5 Å². The van der Waals surface area contributed by atoms with Crippen molar-refractivity contribution in [2.75, 3.05) is 12.4 Å². The summed E-state index contributed by atoms with van der Waals surface area (Å²) in [7, 11) is 1.58. The molecular weight excluding hydrogens is 434 g/mol. The number of benzene rings is 2. The standard InChI is InChI=1S/C22H16F2N6O3/c1-33-15-5-2-13(3-6-15)18-11-19-21-27-30(22(32)28(21)8-9-29(19)26-18)12-20(31)25-17-7-4-14(23)10-16(17)24/h2-11H,12H2,1H3,(H,25,31). The molecule has 33 heavy (non-hydrogen) atoms. The molecule has 3 aromatic heterocycles. The van der Waals surface area contributed by atoms with E-state index >= 15 is 0 Å². The summed E-state index contributed by atoms with van der Waals surface area (Å²) in [6.45, 7) is -0.455. The number of hydrogen-bond donors (Lipinski definition) is 1. The number of halogens is 2. The number of hydrogen-bond acceptors (Lipinski definition) is 5. The molecule has 0 bridgehead atoms. The van der Waals surface area contributed by atoms with Crippen LogP contribution in [0.1, 0.15) is 0 Å². The second kappa shape index (κ2) is 7.86. The number of fused-ring (bicyclic) bond motifs is 3. The molecule has 0 radical (unpaired) electrons. The van der Waals surface area contributed by atoms with E-state index < -0.39 is 29.8 Å². The van der Waals surface area contributed by atoms with Crippen LogP contribution in [-0.4, -0.2) is 36.8 Å². The lowest BCUT2D eigenvalue weighted by Crippen LogP contribution is -2.28. The molecule has 5 rings (SSSR count). The van der Waals surface area contributed by atoms with Gasteiger partial charge in [0.2, 0.25) is 5.91 Å². The third-order valence-electron chi connectivity index (χ3n) is 5.08. The summed E-state index contributed by atoms with van der Waals surface area (Å²) in [4.78, 5) is 25.1. The Kier molecular flexibility index (Phi) is 4.85. The predicted molar refractivity (Wildman–Crippen MR) is 115 cm³/mol. The molecule has 0 fully saturated rings. The van der Waals surface area contributed by atoms with Crippen LogP contribution in [0.5, 0.6) is 5.75 Å². The molecule has 0 spiro atoms. The van der Waals surface area contributed by atoms with E-state index in [1.807, 2.05) is 24.3 Å². The van der Waals surface area contributed by atoms with Gasteiger partial charge in [0.1, 0.15) is 29.4 Å². The van der Waals surface area contributed by atoms with Crippen molar-refractivity contribution in [3.05, 3.63) is 83.0 Å². The predicted octanol–water partition coefficient (Wildman–Crippen LogP) is 2.74. The van der Waals surface area contributed by atoms with Gasteiger partial charge >= 0.3 is 5.69 Å². The van der Waals surface area contributed by atoms with Crippen molar-refractivity contribution in [3.63, 3.8) is 0 Å². The van der Waals surface area contributed by atoms with E-state index in [0.29, 0.717) is 28.7 Å². The van der Waals surface area contributed by atoms with Crippen molar-refractivity contribution in [1.82, 2.24) is 23.8 Å². The van der Waals surface area contributed by atoms with Crippen LogP contribution in [0.4, 0.5) is 14.5 Å². The van der Waals surface area contributed by atoms with Gasteiger partial charge in [0, 0.05) is 24.0 Å². The number of methoxy groups -OCH3 is 1. The van der Waals surface area contributed by atoms with Gasteiger partial charge in [-0.3, -0.25) is 4.79 Å². The molecule has 0 unspecified atom stereocenters. The first-order valence-corrected chi connectivity index (χ1v) is 9.80. The number of carbonyl (C=O) groups is 1. The molecule has 1 amide bonds. The number of carbonyl (C=O) groups excluding carboxylic acids is 1. The summed E-state index contributed by atoms with van der Waals surface area (Å²) in [5.41, 5.74) is 1.63. The summed E-state index contributed by atoms with van der Waals surface area (Å²) in [6, 6.07) is 11.9. The molecule has 2 aromatic carbocycles. The van der Waals surface area contributed by atoms with Crippen molar-refractivity contribution >= 4 is 22.8 Å². The molecule has 0 atom stereocenters. The molecule has 166 valence electrons. The highest BCUT2D eigenvalue weighted by Crippen LogP contribution is 2.23. The number of nitrogens with one attached hydrogen (secondary N) is 1. The Morgan fingerprint density at radius 3 is 2.58 bits per heavy atom. The van der Waals surface area contributed by atoms with E-state index in [1.165, 1.54) is 10.6 Å². The summed E-state index contributed by atoms with van der Waals surface area (Å²) in [5, 5.41) is 11.1. The minimum absolute atomic E-state index is 0.194. The Hall–Kier alpha value is -4.54. The maximum absolute atomic E-state index is 13.8. The van der Waals surface area contributed by atoms with Gasteiger partial charge in [-0.1, -0.05) is 0 Å². The third-order valence-corrected chi connectivity index (χ3v) is 5.08. The zero-order chi connectivity index (χ0) is 23.1. The second-order valence-electron chi connectivity index (χ2n) is 7.19. The van der Waals surface area contributed by atoms with Crippen LogP contribution in [0.2, 0.25) is 0 Å². The third kappa shape index (κ3) is 3.69. The van der Waals surface area contributed by atoms with Crippen molar-refractivity contribution in [2.45, 2.75) is 6.54 Å². The Balaban J connectivity index is 1.47. The van der Waals surface area contributed by atoms with Gasteiger partial charge in [-0.15, -0.1) is 5.10 Å². The zero-order valence-corrected chi connectivity index (χ0v) is 17.2. The van der Waals surface area contributed by atoms with Crippen molar-refractivity contribution in [3.8, 4) is 17.0 Å². The van der Waals surface area contributed by atoms with Gasteiger partial charge < -0.3 is 10.1 Å². The Morgan fingerprint density at radius 2 is 1.85 bits per heavy atom. The van der Waals surface area contributed by atoms with Crippen LogP contribution in [0.25, 0.3) is 22.4 Å². The molecular formula is C22H16F2N6O3. The number of amides is 1. The normalized spacial score (nSPS) is 11.2. The Bertz CT molecular complexity index is 1570. The average molecular weight is 450 g/mol. The molecule has 0 saturated heterocycles. The molecule has 9 nitrogen and oxygen atoms in total. The smallest absolute Gasteiger partial charge is 0.350 e. The lowest BCUT2D eigenvalue weighted by atomic mass is 10.1. The number of rotatable bonds is 5. The molecule has 11 heteroatoms. The average Bonchev–Trinajstić information content (AvgIpc) is 3.37. The highest BCUT2D eigenvalue weighted by Gasteiger charge is 2.16. The van der Waals surface area contributed by atoms with Gasteiger partial charge in [-0.2, -0.15) is 5.10 Å². The van der Waals surface area contributed by atoms with Crippen LogP contribution in [0.3, 0.4) is 0 Å². The first-order valence-electron chi connectivity index (χ1n) is 9.80.